The van der Waals surface area contributed by atoms with Gasteiger partial charge in [0.1, 0.15) is 11.8 Å². The van der Waals surface area contributed by atoms with Crippen LogP contribution in [0.2, 0.25) is 5.15 Å². The van der Waals surface area contributed by atoms with Crippen LogP contribution < -0.4 is 0 Å². The lowest BCUT2D eigenvalue weighted by Gasteiger charge is -1.98. The molecule has 0 amide bonds. The second-order valence-corrected chi connectivity index (χ2v) is 2.32. The Balaban J connectivity index is 2.56. The number of halogens is 1. The minimum Gasteiger partial charge on any atom is -0.374 e. The number of ether oxygens (including phenoxy) is 1. The Morgan fingerprint density at radius 2 is 2.45 bits per heavy atom. The molecule has 3 nitrogen and oxygen atoms in total. The standard InChI is InChI=1S/C7H9ClN2O/c1-2-11-5-7-9-4-3-6(8)10-7/h3-4H,2,5H2,1H3. The number of aromatic nitrogens is 2. The van der Waals surface area contributed by atoms with Gasteiger partial charge in [0.15, 0.2) is 5.82 Å². The minimum atomic E-state index is 0.428. The van der Waals surface area contributed by atoms with Crippen molar-refractivity contribution in [3.05, 3.63) is 23.2 Å². The monoisotopic (exact) mass is 172 g/mol. The molecule has 1 heterocycles. The molecule has 0 radical (unpaired) electrons. The van der Waals surface area contributed by atoms with E-state index in [1.165, 1.54) is 0 Å². The summed E-state index contributed by atoms with van der Waals surface area (Å²) in [6, 6.07) is 1.64. The normalized spacial score (nSPS) is 10.0. The number of rotatable bonds is 3. The van der Waals surface area contributed by atoms with Crippen LogP contribution in [-0.2, 0) is 11.3 Å². The topological polar surface area (TPSA) is 35.0 Å². The summed E-state index contributed by atoms with van der Waals surface area (Å²) >= 11 is 5.62. The van der Waals surface area contributed by atoms with Crippen molar-refractivity contribution in [3.8, 4) is 0 Å². The molecule has 0 saturated carbocycles. The molecule has 0 aliphatic rings. The van der Waals surface area contributed by atoms with Gasteiger partial charge < -0.3 is 4.74 Å². The Labute approximate surface area is 70.4 Å². The third kappa shape index (κ3) is 2.82. The maximum atomic E-state index is 5.62. The molecule has 0 N–H and O–H groups in total. The van der Waals surface area contributed by atoms with E-state index in [1.54, 1.807) is 12.3 Å². The summed E-state index contributed by atoms with van der Waals surface area (Å²) in [5.41, 5.74) is 0. The van der Waals surface area contributed by atoms with E-state index >= 15 is 0 Å². The van der Waals surface area contributed by atoms with Gasteiger partial charge in [-0.2, -0.15) is 0 Å². The molecule has 0 unspecified atom stereocenters. The van der Waals surface area contributed by atoms with Crippen molar-refractivity contribution in [1.82, 2.24) is 9.97 Å². The van der Waals surface area contributed by atoms with Crippen molar-refractivity contribution in [2.75, 3.05) is 6.61 Å². The zero-order valence-corrected chi connectivity index (χ0v) is 7.01. The molecule has 0 spiro atoms. The SMILES string of the molecule is CCOCc1nccc(Cl)n1. The zero-order chi connectivity index (χ0) is 8.10. The van der Waals surface area contributed by atoms with Gasteiger partial charge in [0, 0.05) is 12.8 Å². The molecule has 60 valence electrons. The Hall–Kier alpha value is -0.670. The van der Waals surface area contributed by atoms with Crippen LogP contribution in [-0.4, -0.2) is 16.6 Å². The predicted octanol–water partition coefficient (Wildman–Crippen LogP) is 1.67. The quantitative estimate of drug-likeness (QED) is 0.651. The Morgan fingerprint density at radius 1 is 1.64 bits per heavy atom. The molecule has 0 aliphatic carbocycles. The minimum absolute atomic E-state index is 0.428. The fourth-order valence-electron chi connectivity index (χ4n) is 0.637. The highest BCUT2D eigenvalue weighted by Crippen LogP contribution is 2.02. The van der Waals surface area contributed by atoms with Crippen molar-refractivity contribution in [1.29, 1.82) is 0 Å². The molecule has 4 heteroatoms. The summed E-state index contributed by atoms with van der Waals surface area (Å²) in [5.74, 6) is 0.624. The Kier molecular flexibility index (Phi) is 3.26. The first-order valence-electron chi connectivity index (χ1n) is 3.38. The van der Waals surface area contributed by atoms with E-state index in [0.717, 1.165) is 0 Å². The van der Waals surface area contributed by atoms with Crippen LogP contribution >= 0.6 is 11.6 Å². The molecule has 1 aromatic heterocycles. The lowest BCUT2D eigenvalue weighted by atomic mass is 10.6. The van der Waals surface area contributed by atoms with Crippen LogP contribution in [0.5, 0.6) is 0 Å². The summed E-state index contributed by atoms with van der Waals surface area (Å²) in [7, 11) is 0. The van der Waals surface area contributed by atoms with Gasteiger partial charge in [-0.1, -0.05) is 11.6 Å². The molecule has 0 bridgehead atoms. The van der Waals surface area contributed by atoms with Gasteiger partial charge in [-0.05, 0) is 13.0 Å². The molecule has 1 aromatic rings. The highest BCUT2D eigenvalue weighted by atomic mass is 35.5. The van der Waals surface area contributed by atoms with Crippen LogP contribution in [0.15, 0.2) is 12.3 Å². The highest BCUT2D eigenvalue weighted by Gasteiger charge is 1.95. The lowest BCUT2D eigenvalue weighted by Crippen LogP contribution is -1.97. The number of hydrogen-bond donors (Lipinski definition) is 0. The van der Waals surface area contributed by atoms with Gasteiger partial charge >= 0.3 is 0 Å². The van der Waals surface area contributed by atoms with E-state index in [9.17, 15) is 0 Å². The molecule has 0 atom stereocenters. The molecular weight excluding hydrogens is 164 g/mol. The second kappa shape index (κ2) is 4.26. The largest absolute Gasteiger partial charge is 0.374 e. The van der Waals surface area contributed by atoms with Crippen molar-refractivity contribution in [2.45, 2.75) is 13.5 Å². The van der Waals surface area contributed by atoms with Gasteiger partial charge in [0.2, 0.25) is 0 Å². The van der Waals surface area contributed by atoms with Crippen LogP contribution in [0, 0.1) is 0 Å². The fourth-order valence-corrected chi connectivity index (χ4v) is 0.791. The summed E-state index contributed by atoms with van der Waals surface area (Å²) < 4.78 is 5.09. The predicted molar refractivity (Wildman–Crippen MR) is 42.4 cm³/mol. The molecule has 0 aliphatic heterocycles. The molecule has 0 fully saturated rings. The van der Waals surface area contributed by atoms with E-state index in [2.05, 4.69) is 9.97 Å². The summed E-state index contributed by atoms with van der Waals surface area (Å²) in [6.45, 7) is 3.01. The molecule has 11 heavy (non-hydrogen) atoms. The van der Waals surface area contributed by atoms with Crippen molar-refractivity contribution < 1.29 is 4.74 Å². The van der Waals surface area contributed by atoms with Crippen LogP contribution in [0.25, 0.3) is 0 Å². The Morgan fingerprint density at radius 3 is 3.09 bits per heavy atom. The maximum Gasteiger partial charge on any atom is 0.155 e. The lowest BCUT2D eigenvalue weighted by molar-refractivity contribution is 0.128. The summed E-state index contributed by atoms with van der Waals surface area (Å²) in [6.07, 6.45) is 1.61. The second-order valence-electron chi connectivity index (χ2n) is 1.93. The fraction of sp³-hybridized carbons (Fsp3) is 0.429. The Bertz CT molecular complexity index is 229. The van der Waals surface area contributed by atoms with E-state index < -0.39 is 0 Å². The zero-order valence-electron chi connectivity index (χ0n) is 6.25. The maximum absolute atomic E-state index is 5.62. The molecule has 1 rings (SSSR count). The smallest absolute Gasteiger partial charge is 0.155 e. The average molecular weight is 173 g/mol. The van der Waals surface area contributed by atoms with E-state index in [1.807, 2.05) is 6.92 Å². The van der Waals surface area contributed by atoms with Crippen molar-refractivity contribution in [2.24, 2.45) is 0 Å². The summed E-state index contributed by atoms with van der Waals surface area (Å²) in [5, 5.41) is 0.453. The van der Waals surface area contributed by atoms with E-state index in [0.29, 0.717) is 24.2 Å². The number of nitrogens with zero attached hydrogens (tertiary/aromatic N) is 2. The molecule has 0 aromatic carbocycles. The number of hydrogen-bond acceptors (Lipinski definition) is 3. The van der Waals surface area contributed by atoms with Gasteiger partial charge in [0.25, 0.3) is 0 Å². The third-order valence-corrected chi connectivity index (χ3v) is 1.32. The van der Waals surface area contributed by atoms with Gasteiger partial charge in [-0.15, -0.1) is 0 Å². The average Bonchev–Trinajstić information content (AvgIpc) is 2.01. The van der Waals surface area contributed by atoms with E-state index in [4.69, 9.17) is 16.3 Å². The van der Waals surface area contributed by atoms with Crippen molar-refractivity contribution in [3.63, 3.8) is 0 Å². The molecule has 0 saturated heterocycles. The van der Waals surface area contributed by atoms with Crippen LogP contribution in [0.1, 0.15) is 12.7 Å². The van der Waals surface area contributed by atoms with Crippen LogP contribution in [0.3, 0.4) is 0 Å². The molecular formula is C7H9ClN2O. The highest BCUT2D eigenvalue weighted by molar-refractivity contribution is 6.29. The first-order chi connectivity index (χ1) is 5.33. The van der Waals surface area contributed by atoms with Gasteiger partial charge in [-0.3, -0.25) is 0 Å². The van der Waals surface area contributed by atoms with Crippen molar-refractivity contribution >= 4 is 11.6 Å². The van der Waals surface area contributed by atoms with Gasteiger partial charge in [-0.25, -0.2) is 9.97 Å². The third-order valence-electron chi connectivity index (χ3n) is 1.11. The van der Waals surface area contributed by atoms with Crippen LogP contribution in [0.4, 0.5) is 0 Å². The van der Waals surface area contributed by atoms with Gasteiger partial charge in [0.05, 0.1) is 0 Å². The first-order valence-corrected chi connectivity index (χ1v) is 3.76. The van der Waals surface area contributed by atoms with E-state index in [-0.39, 0.29) is 0 Å². The summed E-state index contributed by atoms with van der Waals surface area (Å²) in [4.78, 5) is 7.90. The first kappa shape index (κ1) is 8.43.